The maximum atomic E-state index is 13.5. The number of likely N-dealkylation sites (tertiary alicyclic amines) is 1. The van der Waals surface area contributed by atoms with E-state index < -0.39 is 0 Å². The van der Waals surface area contributed by atoms with Crippen molar-refractivity contribution in [2.75, 3.05) is 13.1 Å². The fourth-order valence-corrected chi connectivity index (χ4v) is 5.45. The molecule has 2 aliphatic carbocycles. The van der Waals surface area contributed by atoms with Crippen molar-refractivity contribution < 1.29 is 9.59 Å². The first-order chi connectivity index (χ1) is 11.6. The predicted octanol–water partition coefficient (Wildman–Crippen LogP) is 2.37. The Kier molecular flexibility index (Phi) is 3.86. The average molecular weight is 326 g/mol. The molecule has 0 spiro atoms. The Bertz CT molecular complexity index is 644. The van der Waals surface area contributed by atoms with Crippen molar-refractivity contribution in [2.45, 2.75) is 38.5 Å². The Morgan fingerprint density at radius 1 is 1.17 bits per heavy atom. The number of carbonyl (C=O) groups excluding carboxylic acids is 2. The lowest BCUT2D eigenvalue weighted by molar-refractivity contribution is -0.144. The van der Waals surface area contributed by atoms with Crippen molar-refractivity contribution in [1.82, 2.24) is 4.90 Å². The van der Waals surface area contributed by atoms with E-state index in [4.69, 9.17) is 5.73 Å². The van der Waals surface area contributed by atoms with Crippen molar-refractivity contribution in [3.63, 3.8) is 0 Å². The average Bonchev–Trinajstić information content (AvgIpc) is 3.31. The number of rotatable bonds is 4. The maximum absolute atomic E-state index is 13.5. The molecule has 4 heteroatoms. The monoisotopic (exact) mass is 326 g/mol. The Hall–Kier alpha value is -1.84. The lowest BCUT2D eigenvalue weighted by Crippen LogP contribution is -2.47. The number of fused-ring (bicyclic) bond motifs is 2. The standard InChI is InChI=1S/C20H26N2O2/c21-18(23)16-8-9-22(13-16)19(24)20(11-14-4-2-1-3-5-14)12-15-6-7-17(20)10-15/h1-5,15-17H,6-13H2,(H2,21,23). The summed E-state index contributed by atoms with van der Waals surface area (Å²) in [4.78, 5) is 26.9. The van der Waals surface area contributed by atoms with Gasteiger partial charge in [0.25, 0.3) is 0 Å². The zero-order valence-electron chi connectivity index (χ0n) is 14.1. The molecule has 128 valence electrons. The van der Waals surface area contributed by atoms with E-state index in [2.05, 4.69) is 24.3 Å². The minimum absolute atomic E-state index is 0.165. The summed E-state index contributed by atoms with van der Waals surface area (Å²) in [5.74, 6) is 1.05. The largest absolute Gasteiger partial charge is 0.369 e. The van der Waals surface area contributed by atoms with Crippen LogP contribution in [0, 0.1) is 23.2 Å². The third kappa shape index (κ3) is 2.52. The molecule has 1 aliphatic heterocycles. The predicted molar refractivity (Wildman–Crippen MR) is 91.9 cm³/mol. The topological polar surface area (TPSA) is 63.4 Å². The highest BCUT2D eigenvalue weighted by Crippen LogP contribution is 2.58. The Balaban J connectivity index is 1.59. The minimum Gasteiger partial charge on any atom is -0.369 e. The molecule has 2 bridgehead atoms. The smallest absolute Gasteiger partial charge is 0.229 e. The summed E-state index contributed by atoms with van der Waals surface area (Å²) < 4.78 is 0. The van der Waals surface area contributed by atoms with Crippen LogP contribution < -0.4 is 5.73 Å². The van der Waals surface area contributed by atoms with E-state index in [-0.39, 0.29) is 23.1 Å². The van der Waals surface area contributed by atoms with Crippen LogP contribution in [0.15, 0.2) is 30.3 Å². The highest BCUT2D eigenvalue weighted by atomic mass is 16.2. The van der Waals surface area contributed by atoms with Gasteiger partial charge < -0.3 is 10.6 Å². The van der Waals surface area contributed by atoms with Crippen molar-refractivity contribution in [3.05, 3.63) is 35.9 Å². The van der Waals surface area contributed by atoms with E-state index in [0.717, 1.165) is 19.3 Å². The number of primary amides is 1. The molecule has 4 unspecified atom stereocenters. The van der Waals surface area contributed by atoms with Gasteiger partial charge in [-0.05, 0) is 49.5 Å². The normalized spacial score (nSPS) is 34.7. The van der Waals surface area contributed by atoms with Crippen LogP contribution in [0.5, 0.6) is 0 Å². The Morgan fingerprint density at radius 2 is 1.96 bits per heavy atom. The van der Waals surface area contributed by atoms with Crippen LogP contribution in [0.4, 0.5) is 0 Å². The van der Waals surface area contributed by atoms with E-state index in [1.807, 2.05) is 11.0 Å². The van der Waals surface area contributed by atoms with Crippen LogP contribution in [0.1, 0.15) is 37.7 Å². The second kappa shape index (κ2) is 5.91. The number of amides is 2. The number of carbonyl (C=O) groups is 2. The summed E-state index contributed by atoms with van der Waals surface area (Å²) in [6.45, 7) is 1.20. The van der Waals surface area contributed by atoms with Crippen LogP contribution in [0.3, 0.4) is 0 Å². The van der Waals surface area contributed by atoms with Gasteiger partial charge in [0, 0.05) is 13.1 Å². The maximum Gasteiger partial charge on any atom is 0.229 e. The molecular formula is C20H26N2O2. The molecule has 24 heavy (non-hydrogen) atoms. The SMILES string of the molecule is NC(=O)C1CCN(C(=O)C2(Cc3ccccc3)CC3CCC2C3)C1. The van der Waals surface area contributed by atoms with Crippen LogP contribution in [-0.2, 0) is 16.0 Å². The lowest BCUT2D eigenvalue weighted by atomic mass is 9.68. The van der Waals surface area contributed by atoms with Crippen molar-refractivity contribution in [3.8, 4) is 0 Å². The van der Waals surface area contributed by atoms with Crippen LogP contribution in [0.25, 0.3) is 0 Å². The number of hydrogen-bond donors (Lipinski definition) is 1. The van der Waals surface area contributed by atoms with Crippen LogP contribution in [0.2, 0.25) is 0 Å². The summed E-state index contributed by atoms with van der Waals surface area (Å²) in [6.07, 6.45) is 6.23. The molecule has 1 aromatic carbocycles. The van der Waals surface area contributed by atoms with Gasteiger partial charge >= 0.3 is 0 Å². The zero-order valence-corrected chi connectivity index (χ0v) is 14.1. The second-order valence-corrected chi connectivity index (χ2v) is 8.04. The highest BCUT2D eigenvalue weighted by Gasteiger charge is 2.56. The van der Waals surface area contributed by atoms with Gasteiger partial charge in [-0.25, -0.2) is 0 Å². The summed E-state index contributed by atoms with van der Waals surface area (Å²) in [6, 6.07) is 10.4. The molecule has 2 amide bonds. The lowest BCUT2D eigenvalue weighted by Gasteiger charge is -2.39. The van der Waals surface area contributed by atoms with Crippen molar-refractivity contribution >= 4 is 11.8 Å². The fraction of sp³-hybridized carbons (Fsp3) is 0.600. The summed E-state index contributed by atoms with van der Waals surface area (Å²) in [5, 5.41) is 0. The fourth-order valence-electron chi connectivity index (χ4n) is 5.45. The minimum atomic E-state index is -0.268. The summed E-state index contributed by atoms with van der Waals surface area (Å²) in [7, 11) is 0. The second-order valence-electron chi connectivity index (χ2n) is 8.04. The first-order valence-corrected chi connectivity index (χ1v) is 9.21. The van der Waals surface area contributed by atoms with Crippen LogP contribution in [-0.4, -0.2) is 29.8 Å². The summed E-state index contributed by atoms with van der Waals surface area (Å²) >= 11 is 0. The van der Waals surface area contributed by atoms with E-state index in [1.165, 1.54) is 24.8 Å². The number of hydrogen-bond acceptors (Lipinski definition) is 2. The number of benzene rings is 1. The molecule has 1 heterocycles. The molecule has 0 radical (unpaired) electrons. The van der Waals surface area contributed by atoms with E-state index >= 15 is 0 Å². The molecule has 4 rings (SSSR count). The highest BCUT2D eigenvalue weighted by molar-refractivity contribution is 5.86. The van der Waals surface area contributed by atoms with Crippen LogP contribution >= 0.6 is 0 Å². The first kappa shape index (κ1) is 15.7. The van der Waals surface area contributed by atoms with E-state index in [9.17, 15) is 9.59 Å². The zero-order chi connectivity index (χ0) is 16.7. The van der Waals surface area contributed by atoms with E-state index in [1.54, 1.807) is 0 Å². The Labute approximate surface area is 143 Å². The van der Waals surface area contributed by atoms with Gasteiger partial charge in [-0.2, -0.15) is 0 Å². The molecule has 4 nitrogen and oxygen atoms in total. The molecule has 4 atom stereocenters. The van der Waals surface area contributed by atoms with Gasteiger partial charge in [-0.15, -0.1) is 0 Å². The molecule has 1 saturated heterocycles. The van der Waals surface area contributed by atoms with Gasteiger partial charge in [0.1, 0.15) is 0 Å². The van der Waals surface area contributed by atoms with Gasteiger partial charge in [-0.1, -0.05) is 36.8 Å². The summed E-state index contributed by atoms with van der Waals surface area (Å²) in [5.41, 5.74) is 6.45. The van der Waals surface area contributed by atoms with Gasteiger partial charge in [0.15, 0.2) is 0 Å². The van der Waals surface area contributed by atoms with E-state index in [0.29, 0.717) is 24.9 Å². The quantitative estimate of drug-likeness (QED) is 0.923. The molecule has 3 aliphatic rings. The van der Waals surface area contributed by atoms with Crippen molar-refractivity contribution in [2.24, 2.45) is 28.9 Å². The molecule has 1 aromatic rings. The van der Waals surface area contributed by atoms with Crippen molar-refractivity contribution in [1.29, 1.82) is 0 Å². The molecule has 2 N–H and O–H groups in total. The molecule has 3 fully saturated rings. The number of nitrogens with two attached hydrogens (primary N) is 1. The first-order valence-electron chi connectivity index (χ1n) is 9.21. The van der Waals surface area contributed by atoms with Gasteiger partial charge in [-0.3, -0.25) is 9.59 Å². The molecule has 0 aromatic heterocycles. The molecule has 2 saturated carbocycles. The molecular weight excluding hydrogens is 300 g/mol. The van der Waals surface area contributed by atoms with Gasteiger partial charge in [0.2, 0.25) is 11.8 Å². The van der Waals surface area contributed by atoms with Gasteiger partial charge in [0.05, 0.1) is 11.3 Å². The number of nitrogens with zero attached hydrogens (tertiary/aromatic N) is 1. The third-order valence-corrected chi connectivity index (χ3v) is 6.64. The Morgan fingerprint density at radius 3 is 2.54 bits per heavy atom. The third-order valence-electron chi connectivity index (χ3n) is 6.64.